The molecule has 0 spiro atoms. The van der Waals surface area contributed by atoms with E-state index in [0.29, 0.717) is 10.9 Å². The van der Waals surface area contributed by atoms with Gasteiger partial charge in [-0.15, -0.1) is 0 Å². The SMILES string of the molecule is O=C(C[Se]Cc1ccccc1)c1ccc(O)cc1. The molecular weight excluding hydrogens is 291 g/mol. The summed E-state index contributed by atoms with van der Waals surface area (Å²) >= 11 is 0.288. The Labute approximate surface area is 113 Å². The Kier molecular flexibility index (Phi) is 4.57. The molecule has 0 aromatic heterocycles. The molecule has 0 unspecified atom stereocenters. The Morgan fingerprint density at radius 2 is 1.67 bits per heavy atom. The van der Waals surface area contributed by atoms with Gasteiger partial charge in [0.1, 0.15) is 0 Å². The number of carbonyl (C=O) groups excluding carboxylic acids is 1. The molecular formula is C15H14O2Se. The average Bonchev–Trinajstić information content (AvgIpc) is 2.40. The Balaban J connectivity index is 1.84. The molecule has 92 valence electrons. The molecule has 0 amide bonds. The number of aromatic hydroxyl groups is 1. The summed E-state index contributed by atoms with van der Waals surface area (Å²) in [5, 5.41) is 10.7. The zero-order valence-corrected chi connectivity index (χ0v) is 11.6. The van der Waals surface area contributed by atoms with E-state index in [1.54, 1.807) is 24.3 Å². The van der Waals surface area contributed by atoms with E-state index < -0.39 is 0 Å². The molecule has 18 heavy (non-hydrogen) atoms. The van der Waals surface area contributed by atoms with Crippen molar-refractivity contribution in [3.05, 3.63) is 65.7 Å². The van der Waals surface area contributed by atoms with Gasteiger partial charge in [0.2, 0.25) is 0 Å². The number of phenolic OH excluding ortho intramolecular Hbond substituents is 1. The molecule has 3 heteroatoms. The molecule has 2 aromatic rings. The Morgan fingerprint density at radius 1 is 1.00 bits per heavy atom. The summed E-state index contributed by atoms with van der Waals surface area (Å²) in [6.07, 6.45) is 0. The summed E-state index contributed by atoms with van der Waals surface area (Å²) in [6, 6.07) is 16.7. The van der Waals surface area contributed by atoms with Gasteiger partial charge in [-0.05, 0) is 0 Å². The normalized spacial score (nSPS) is 10.2. The molecule has 0 aliphatic carbocycles. The van der Waals surface area contributed by atoms with Crippen LogP contribution in [-0.2, 0) is 5.32 Å². The quantitative estimate of drug-likeness (QED) is 0.681. The fourth-order valence-electron chi connectivity index (χ4n) is 1.57. The van der Waals surface area contributed by atoms with Gasteiger partial charge in [-0.25, -0.2) is 0 Å². The molecule has 0 fully saturated rings. The van der Waals surface area contributed by atoms with E-state index in [9.17, 15) is 4.79 Å². The molecule has 0 saturated heterocycles. The zero-order chi connectivity index (χ0) is 12.8. The molecule has 2 rings (SSSR count). The van der Waals surface area contributed by atoms with Crippen LogP contribution in [0.4, 0.5) is 0 Å². The minimum absolute atomic E-state index is 0.158. The molecule has 1 N–H and O–H groups in total. The predicted molar refractivity (Wildman–Crippen MR) is 73.1 cm³/mol. The van der Waals surface area contributed by atoms with E-state index in [2.05, 4.69) is 12.1 Å². The Bertz CT molecular complexity index is 506. The molecule has 2 aromatic carbocycles. The molecule has 0 atom stereocenters. The van der Waals surface area contributed by atoms with Crippen molar-refractivity contribution in [1.82, 2.24) is 0 Å². The second-order valence-electron chi connectivity index (χ2n) is 3.95. The first-order valence-electron chi connectivity index (χ1n) is 5.69. The van der Waals surface area contributed by atoms with Crippen LogP contribution in [0.5, 0.6) is 5.75 Å². The van der Waals surface area contributed by atoms with Crippen molar-refractivity contribution in [2.45, 2.75) is 10.6 Å². The van der Waals surface area contributed by atoms with Crippen LogP contribution in [0, 0.1) is 0 Å². The summed E-state index contributed by atoms with van der Waals surface area (Å²) in [4.78, 5) is 11.9. The second-order valence-corrected chi connectivity index (χ2v) is 6.02. The van der Waals surface area contributed by atoms with Gasteiger partial charge in [0.25, 0.3) is 0 Å². The van der Waals surface area contributed by atoms with Crippen LogP contribution in [0.15, 0.2) is 54.6 Å². The van der Waals surface area contributed by atoms with Gasteiger partial charge in [-0.1, -0.05) is 0 Å². The maximum atomic E-state index is 11.9. The van der Waals surface area contributed by atoms with Gasteiger partial charge in [0.15, 0.2) is 0 Å². The number of ketones is 1. The van der Waals surface area contributed by atoms with E-state index in [1.807, 2.05) is 18.2 Å². The number of hydrogen-bond acceptors (Lipinski definition) is 2. The first kappa shape index (κ1) is 12.9. The van der Waals surface area contributed by atoms with Crippen LogP contribution in [-0.4, -0.2) is 25.8 Å². The summed E-state index contributed by atoms with van der Waals surface area (Å²) in [7, 11) is 0. The number of benzene rings is 2. The van der Waals surface area contributed by atoms with E-state index in [4.69, 9.17) is 5.11 Å². The first-order valence-corrected chi connectivity index (χ1v) is 8.12. The Hall–Kier alpha value is -1.57. The number of Topliss-reactive ketones (excluding diaryl/α,β-unsaturated/α-hetero) is 1. The number of rotatable bonds is 5. The van der Waals surface area contributed by atoms with Gasteiger partial charge in [0, 0.05) is 0 Å². The zero-order valence-electron chi connectivity index (χ0n) is 9.87. The number of hydrogen-bond donors (Lipinski definition) is 1. The van der Waals surface area contributed by atoms with E-state index >= 15 is 0 Å². The molecule has 0 radical (unpaired) electrons. The molecule has 0 aliphatic heterocycles. The standard InChI is InChI=1S/C15H14O2Se/c16-14-8-6-13(7-9-14)15(17)11-18-10-12-4-2-1-3-5-12/h1-9,16H,10-11H2. The third-order valence-electron chi connectivity index (χ3n) is 2.53. The van der Waals surface area contributed by atoms with Gasteiger partial charge < -0.3 is 0 Å². The minimum atomic E-state index is 0.158. The van der Waals surface area contributed by atoms with Crippen LogP contribution in [0.1, 0.15) is 15.9 Å². The van der Waals surface area contributed by atoms with Crippen LogP contribution in [0.2, 0.25) is 5.32 Å². The van der Waals surface area contributed by atoms with E-state index in [-0.39, 0.29) is 26.5 Å². The monoisotopic (exact) mass is 306 g/mol. The Morgan fingerprint density at radius 3 is 2.33 bits per heavy atom. The van der Waals surface area contributed by atoms with Crippen molar-refractivity contribution < 1.29 is 9.90 Å². The fourth-order valence-corrected chi connectivity index (χ4v) is 3.42. The molecule has 0 saturated carbocycles. The summed E-state index contributed by atoms with van der Waals surface area (Å²) in [5.41, 5.74) is 1.97. The van der Waals surface area contributed by atoms with Crippen LogP contribution in [0.3, 0.4) is 0 Å². The summed E-state index contributed by atoms with van der Waals surface area (Å²) < 4.78 is 0. The van der Waals surface area contributed by atoms with Gasteiger partial charge >= 0.3 is 113 Å². The number of carbonyl (C=O) groups is 1. The van der Waals surface area contributed by atoms with Crippen molar-refractivity contribution in [2.24, 2.45) is 0 Å². The first-order chi connectivity index (χ1) is 8.75. The summed E-state index contributed by atoms with van der Waals surface area (Å²) in [6.45, 7) is 0. The van der Waals surface area contributed by atoms with Crippen molar-refractivity contribution >= 4 is 20.7 Å². The third kappa shape index (κ3) is 3.73. The topological polar surface area (TPSA) is 37.3 Å². The number of phenols is 1. The average molecular weight is 305 g/mol. The van der Waals surface area contributed by atoms with Crippen LogP contribution >= 0.6 is 0 Å². The van der Waals surface area contributed by atoms with E-state index in [0.717, 1.165) is 5.32 Å². The van der Waals surface area contributed by atoms with Crippen LogP contribution < -0.4 is 0 Å². The molecule has 2 nitrogen and oxygen atoms in total. The van der Waals surface area contributed by atoms with Crippen molar-refractivity contribution in [3.63, 3.8) is 0 Å². The molecule has 0 bridgehead atoms. The third-order valence-corrected chi connectivity index (χ3v) is 4.64. The summed E-state index contributed by atoms with van der Waals surface area (Å²) in [5.74, 6) is 0.354. The fraction of sp³-hybridized carbons (Fsp3) is 0.133. The van der Waals surface area contributed by atoms with Crippen LogP contribution in [0.25, 0.3) is 0 Å². The molecule has 0 heterocycles. The van der Waals surface area contributed by atoms with Gasteiger partial charge in [0.05, 0.1) is 0 Å². The predicted octanol–water partition coefficient (Wildman–Crippen LogP) is 2.90. The van der Waals surface area contributed by atoms with Crippen molar-refractivity contribution in [2.75, 3.05) is 0 Å². The van der Waals surface area contributed by atoms with Gasteiger partial charge in [-0.3, -0.25) is 0 Å². The van der Waals surface area contributed by atoms with Crippen molar-refractivity contribution in [3.8, 4) is 5.75 Å². The van der Waals surface area contributed by atoms with E-state index in [1.165, 1.54) is 5.56 Å². The van der Waals surface area contributed by atoms with Crippen molar-refractivity contribution in [1.29, 1.82) is 0 Å². The molecule has 0 aliphatic rings. The second kappa shape index (κ2) is 6.39. The maximum absolute atomic E-state index is 11.9. The van der Waals surface area contributed by atoms with Gasteiger partial charge in [-0.2, -0.15) is 0 Å².